The molecule has 0 radical (unpaired) electrons. The average Bonchev–Trinajstić information content (AvgIpc) is 2.33. The molecule has 1 N–H and O–H groups in total. The summed E-state index contributed by atoms with van der Waals surface area (Å²) in [4.78, 5) is 5.56. The molecule has 1 heterocycles. The lowest BCUT2D eigenvalue weighted by atomic mass is 10.2. The van der Waals surface area contributed by atoms with Gasteiger partial charge < -0.3 is 10.2 Å². The molecule has 0 fully saturated rings. The number of likely N-dealkylation sites (N-methyl/N-ethyl adjacent to an activating group) is 1. The smallest absolute Gasteiger partial charge is 0.355 e. The first-order valence-electron chi connectivity index (χ1n) is 5.92. The number of hydrogen-bond donors (Lipinski definition) is 1. The van der Waals surface area contributed by atoms with Gasteiger partial charge in [-0.3, -0.25) is 0 Å². The minimum Gasteiger partial charge on any atom is -0.355 e. The minimum atomic E-state index is -4.37. The zero-order valence-electron chi connectivity index (χ0n) is 10.6. The number of nitrogens with zero attached hydrogens (tertiary/aromatic N) is 2. The molecular formula is C12H18F3N3. The SMILES string of the molecule is CCCN(CCNC)c1ncccc1C(F)(F)F. The van der Waals surface area contributed by atoms with Crippen LogP contribution in [0.3, 0.4) is 0 Å². The zero-order valence-corrected chi connectivity index (χ0v) is 10.6. The number of rotatable bonds is 6. The molecule has 1 aromatic heterocycles. The van der Waals surface area contributed by atoms with E-state index in [1.807, 2.05) is 6.92 Å². The summed E-state index contributed by atoms with van der Waals surface area (Å²) in [6.07, 6.45) is -2.20. The zero-order chi connectivity index (χ0) is 13.6. The predicted molar refractivity (Wildman–Crippen MR) is 65.7 cm³/mol. The third kappa shape index (κ3) is 3.87. The maximum absolute atomic E-state index is 12.9. The molecule has 102 valence electrons. The Bertz CT molecular complexity index is 366. The van der Waals surface area contributed by atoms with Gasteiger partial charge in [0.05, 0.1) is 5.56 Å². The molecule has 0 aliphatic heterocycles. The summed E-state index contributed by atoms with van der Waals surface area (Å²) >= 11 is 0. The molecule has 18 heavy (non-hydrogen) atoms. The molecule has 3 nitrogen and oxygen atoms in total. The van der Waals surface area contributed by atoms with Crippen molar-refractivity contribution >= 4 is 5.82 Å². The molecule has 0 aromatic carbocycles. The van der Waals surface area contributed by atoms with Crippen molar-refractivity contribution in [1.29, 1.82) is 0 Å². The summed E-state index contributed by atoms with van der Waals surface area (Å²) in [5.41, 5.74) is -0.672. The number of halogens is 3. The van der Waals surface area contributed by atoms with E-state index in [0.717, 1.165) is 12.5 Å². The van der Waals surface area contributed by atoms with E-state index in [9.17, 15) is 13.2 Å². The monoisotopic (exact) mass is 261 g/mol. The van der Waals surface area contributed by atoms with Crippen molar-refractivity contribution in [3.05, 3.63) is 23.9 Å². The molecule has 0 bridgehead atoms. The van der Waals surface area contributed by atoms with E-state index in [2.05, 4.69) is 10.3 Å². The van der Waals surface area contributed by atoms with Gasteiger partial charge in [0.15, 0.2) is 0 Å². The second-order valence-corrected chi connectivity index (χ2v) is 3.96. The highest BCUT2D eigenvalue weighted by Gasteiger charge is 2.35. The van der Waals surface area contributed by atoms with Gasteiger partial charge in [-0.15, -0.1) is 0 Å². The van der Waals surface area contributed by atoms with Crippen LogP contribution in [0.25, 0.3) is 0 Å². The molecule has 0 saturated carbocycles. The molecule has 0 atom stereocenters. The number of pyridine rings is 1. The standard InChI is InChI=1S/C12H18F3N3/c1-3-8-18(9-7-16-2)11-10(12(13,14)15)5-4-6-17-11/h4-6,16H,3,7-9H2,1-2H3. The second-order valence-electron chi connectivity index (χ2n) is 3.96. The van der Waals surface area contributed by atoms with Gasteiger partial charge >= 0.3 is 6.18 Å². The first-order chi connectivity index (χ1) is 8.50. The first-order valence-corrected chi connectivity index (χ1v) is 5.92. The van der Waals surface area contributed by atoms with Gasteiger partial charge in [-0.25, -0.2) is 4.98 Å². The Hall–Kier alpha value is -1.30. The summed E-state index contributed by atoms with van der Waals surface area (Å²) < 4.78 is 38.7. The van der Waals surface area contributed by atoms with E-state index in [-0.39, 0.29) is 5.82 Å². The number of nitrogens with one attached hydrogen (secondary N) is 1. The van der Waals surface area contributed by atoms with Crippen molar-refractivity contribution in [1.82, 2.24) is 10.3 Å². The highest BCUT2D eigenvalue weighted by atomic mass is 19.4. The van der Waals surface area contributed by atoms with Gasteiger partial charge in [-0.1, -0.05) is 6.92 Å². The third-order valence-corrected chi connectivity index (χ3v) is 2.52. The summed E-state index contributed by atoms with van der Waals surface area (Å²) in [5, 5.41) is 2.93. The topological polar surface area (TPSA) is 28.2 Å². The average molecular weight is 261 g/mol. The van der Waals surface area contributed by atoms with Crippen LogP contribution in [0.1, 0.15) is 18.9 Å². The van der Waals surface area contributed by atoms with E-state index in [0.29, 0.717) is 19.6 Å². The molecule has 6 heteroatoms. The van der Waals surface area contributed by atoms with E-state index >= 15 is 0 Å². The third-order valence-electron chi connectivity index (χ3n) is 2.52. The molecule has 0 saturated heterocycles. The van der Waals surface area contributed by atoms with Crippen molar-refractivity contribution in [3.63, 3.8) is 0 Å². The Balaban J connectivity index is 3.03. The van der Waals surface area contributed by atoms with Gasteiger partial charge in [0.2, 0.25) is 0 Å². The van der Waals surface area contributed by atoms with E-state index in [1.54, 1.807) is 11.9 Å². The van der Waals surface area contributed by atoms with Crippen LogP contribution in [0.4, 0.5) is 19.0 Å². The van der Waals surface area contributed by atoms with Crippen LogP contribution < -0.4 is 10.2 Å². The van der Waals surface area contributed by atoms with E-state index in [4.69, 9.17) is 0 Å². The summed E-state index contributed by atoms with van der Waals surface area (Å²) in [5.74, 6) is 0.0158. The summed E-state index contributed by atoms with van der Waals surface area (Å²) in [6.45, 7) is 3.61. The molecule has 1 aromatic rings. The fourth-order valence-corrected chi connectivity index (χ4v) is 1.71. The van der Waals surface area contributed by atoms with Crippen LogP contribution in [0, 0.1) is 0 Å². The lowest BCUT2D eigenvalue weighted by Gasteiger charge is -2.25. The van der Waals surface area contributed by atoms with Crippen LogP contribution in [0.2, 0.25) is 0 Å². The van der Waals surface area contributed by atoms with Gasteiger partial charge in [0.25, 0.3) is 0 Å². The van der Waals surface area contributed by atoms with Crippen LogP contribution >= 0.6 is 0 Å². The van der Waals surface area contributed by atoms with Gasteiger partial charge in [0, 0.05) is 25.8 Å². The van der Waals surface area contributed by atoms with E-state index < -0.39 is 11.7 Å². The van der Waals surface area contributed by atoms with Crippen molar-refractivity contribution in [2.24, 2.45) is 0 Å². The van der Waals surface area contributed by atoms with Crippen molar-refractivity contribution in [2.75, 3.05) is 31.6 Å². The van der Waals surface area contributed by atoms with Gasteiger partial charge in [-0.2, -0.15) is 13.2 Å². The fraction of sp³-hybridized carbons (Fsp3) is 0.583. The maximum atomic E-state index is 12.9. The highest BCUT2D eigenvalue weighted by molar-refractivity contribution is 5.48. The highest BCUT2D eigenvalue weighted by Crippen LogP contribution is 2.34. The van der Waals surface area contributed by atoms with E-state index in [1.165, 1.54) is 12.3 Å². The first kappa shape index (κ1) is 14.8. The fourth-order valence-electron chi connectivity index (χ4n) is 1.71. The maximum Gasteiger partial charge on any atom is 0.419 e. The number of alkyl halides is 3. The lowest BCUT2D eigenvalue weighted by molar-refractivity contribution is -0.137. The largest absolute Gasteiger partial charge is 0.419 e. The summed E-state index contributed by atoms with van der Waals surface area (Å²) in [7, 11) is 1.77. The molecule has 0 amide bonds. The van der Waals surface area contributed by atoms with Gasteiger partial charge in [0.1, 0.15) is 5.82 Å². The Kier molecular flexibility index (Phi) is 5.40. The predicted octanol–water partition coefficient (Wildman–Crippen LogP) is 2.54. The number of hydrogen-bond acceptors (Lipinski definition) is 3. The van der Waals surface area contributed by atoms with Crippen LogP contribution in [0.15, 0.2) is 18.3 Å². The van der Waals surface area contributed by atoms with Gasteiger partial charge in [-0.05, 0) is 25.6 Å². The molecule has 0 aliphatic carbocycles. The minimum absolute atomic E-state index is 0.0158. The Morgan fingerprint density at radius 3 is 2.61 bits per heavy atom. The van der Waals surface area contributed by atoms with Crippen molar-refractivity contribution < 1.29 is 13.2 Å². The second kappa shape index (κ2) is 6.58. The lowest BCUT2D eigenvalue weighted by Crippen LogP contribution is -2.33. The Morgan fingerprint density at radius 1 is 1.33 bits per heavy atom. The van der Waals surface area contributed by atoms with Crippen LogP contribution in [-0.4, -0.2) is 31.7 Å². The van der Waals surface area contributed by atoms with Crippen molar-refractivity contribution in [3.8, 4) is 0 Å². The summed E-state index contributed by atoms with van der Waals surface area (Å²) in [6, 6.07) is 2.39. The molecule has 0 aliphatic rings. The Morgan fingerprint density at radius 2 is 2.06 bits per heavy atom. The Labute approximate surface area is 105 Å². The number of anilines is 1. The molecule has 0 unspecified atom stereocenters. The quantitative estimate of drug-likeness (QED) is 0.853. The molecule has 1 rings (SSSR count). The van der Waals surface area contributed by atoms with Crippen molar-refractivity contribution in [2.45, 2.75) is 19.5 Å². The number of aromatic nitrogens is 1. The normalized spacial score (nSPS) is 11.6. The van der Waals surface area contributed by atoms with Crippen LogP contribution in [-0.2, 0) is 6.18 Å². The molecular weight excluding hydrogens is 243 g/mol. The molecule has 0 spiro atoms. The van der Waals surface area contributed by atoms with Crippen LogP contribution in [0.5, 0.6) is 0 Å².